The van der Waals surface area contributed by atoms with E-state index in [2.05, 4.69) is 10.1 Å². The third-order valence-corrected chi connectivity index (χ3v) is 3.10. The number of rotatable bonds is 1. The van der Waals surface area contributed by atoms with E-state index in [0.717, 1.165) is 31.7 Å². The second-order valence-electron chi connectivity index (χ2n) is 4.14. The number of ether oxygens (including phenoxy) is 1. The number of nitrogens with zero attached hydrogens (tertiary/aromatic N) is 3. The third-order valence-electron chi connectivity index (χ3n) is 3.10. The molecule has 1 aliphatic rings. The molecule has 0 aromatic carbocycles. The predicted octanol–water partition coefficient (Wildman–Crippen LogP) is 1.21. The molecule has 5 nitrogen and oxygen atoms in total. The maximum Gasteiger partial charge on any atom is 0.178 e. The zero-order valence-corrected chi connectivity index (χ0v) is 8.97. The molecule has 1 saturated heterocycles. The van der Waals surface area contributed by atoms with Crippen LogP contribution in [0.3, 0.4) is 0 Å². The third kappa shape index (κ3) is 1.53. The van der Waals surface area contributed by atoms with Crippen molar-refractivity contribution in [3.63, 3.8) is 0 Å². The summed E-state index contributed by atoms with van der Waals surface area (Å²) in [6.45, 7) is 1.67. The van der Waals surface area contributed by atoms with Crippen molar-refractivity contribution >= 4 is 11.3 Å². The minimum absolute atomic E-state index is 0.538. The van der Waals surface area contributed by atoms with Gasteiger partial charge in [-0.2, -0.15) is 5.10 Å². The maximum atomic E-state index is 5.74. The van der Waals surface area contributed by atoms with E-state index in [-0.39, 0.29) is 0 Å². The first kappa shape index (κ1) is 9.59. The summed E-state index contributed by atoms with van der Waals surface area (Å²) in [7, 11) is 0. The van der Waals surface area contributed by atoms with E-state index in [0.29, 0.717) is 11.6 Å². The number of hydrogen-bond donors (Lipinski definition) is 1. The van der Waals surface area contributed by atoms with Gasteiger partial charge in [0.25, 0.3) is 0 Å². The second kappa shape index (κ2) is 3.75. The smallest absolute Gasteiger partial charge is 0.178 e. The lowest BCUT2D eigenvalue weighted by molar-refractivity contribution is 0.0852. The lowest BCUT2D eigenvalue weighted by atomic mass is 9.94. The number of aromatic nitrogens is 3. The van der Waals surface area contributed by atoms with Crippen molar-refractivity contribution in [3.05, 3.63) is 24.2 Å². The largest absolute Gasteiger partial charge is 0.394 e. The standard InChI is InChI=1S/C11H14N4O/c12-10-6-14-15-7-9(5-13-11(10)15)8-1-3-16-4-2-8/h5-8H,1-4,12H2. The number of nitrogen functional groups attached to an aromatic ring is 1. The van der Waals surface area contributed by atoms with Crippen LogP contribution in [0.2, 0.25) is 0 Å². The van der Waals surface area contributed by atoms with E-state index < -0.39 is 0 Å². The number of anilines is 1. The van der Waals surface area contributed by atoms with Crippen molar-refractivity contribution in [1.82, 2.24) is 14.6 Å². The van der Waals surface area contributed by atoms with Crippen LogP contribution in [0.25, 0.3) is 5.65 Å². The summed E-state index contributed by atoms with van der Waals surface area (Å²) < 4.78 is 7.10. The molecule has 3 rings (SSSR count). The van der Waals surface area contributed by atoms with Crippen LogP contribution < -0.4 is 5.73 Å². The first-order valence-corrected chi connectivity index (χ1v) is 5.51. The molecule has 0 saturated carbocycles. The molecule has 0 amide bonds. The normalized spacial score (nSPS) is 18.0. The van der Waals surface area contributed by atoms with Crippen LogP contribution in [0.5, 0.6) is 0 Å². The Kier molecular flexibility index (Phi) is 2.25. The van der Waals surface area contributed by atoms with Crippen LogP contribution in [0, 0.1) is 0 Å². The molecule has 1 aliphatic heterocycles. The fraction of sp³-hybridized carbons (Fsp3) is 0.455. The van der Waals surface area contributed by atoms with Crippen LogP contribution in [0.1, 0.15) is 24.3 Å². The summed E-state index contributed by atoms with van der Waals surface area (Å²) in [5, 5.41) is 4.17. The average Bonchev–Trinajstić information content (AvgIpc) is 2.72. The Hall–Kier alpha value is -1.62. The first-order chi connectivity index (χ1) is 7.84. The van der Waals surface area contributed by atoms with Gasteiger partial charge in [0, 0.05) is 25.6 Å². The summed E-state index contributed by atoms with van der Waals surface area (Å²) in [5.74, 6) is 0.538. The molecule has 84 valence electrons. The van der Waals surface area contributed by atoms with Crippen LogP contribution in [-0.2, 0) is 4.74 Å². The molecule has 0 unspecified atom stereocenters. The highest BCUT2D eigenvalue weighted by atomic mass is 16.5. The molecule has 5 heteroatoms. The monoisotopic (exact) mass is 218 g/mol. The summed E-state index contributed by atoms with van der Waals surface area (Å²) in [5.41, 5.74) is 8.32. The fourth-order valence-electron chi connectivity index (χ4n) is 2.15. The zero-order chi connectivity index (χ0) is 11.0. The Bertz CT molecular complexity index is 502. The minimum atomic E-state index is 0.538. The van der Waals surface area contributed by atoms with Gasteiger partial charge >= 0.3 is 0 Å². The van der Waals surface area contributed by atoms with Crippen LogP contribution in [-0.4, -0.2) is 27.8 Å². The van der Waals surface area contributed by atoms with E-state index >= 15 is 0 Å². The SMILES string of the molecule is Nc1cnn2cc(C3CCOCC3)cnc12. The zero-order valence-electron chi connectivity index (χ0n) is 8.97. The quantitative estimate of drug-likeness (QED) is 0.781. The van der Waals surface area contributed by atoms with E-state index in [9.17, 15) is 0 Å². The van der Waals surface area contributed by atoms with Gasteiger partial charge in [-0.05, 0) is 24.3 Å². The molecule has 3 heterocycles. The Morgan fingerprint density at radius 2 is 2.12 bits per heavy atom. The van der Waals surface area contributed by atoms with E-state index in [1.807, 2.05) is 12.4 Å². The van der Waals surface area contributed by atoms with Gasteiger partial charge in [-0.15, -0.1) is 0 Å². The summed E-state index contributed by atoms with van der Waals surface area (Å²) in [6, 6.07) is 0. The van der Waals surface area contributed by atoms with E-state index in [4.69, 9.17) is 10.5 Å². The van der Waals surface area contributed by atoms with Gasteiger partial charge in [0.2, 0.25) is 0 Å². The Morgan fingerprint density at radius 3 is 2.94 bits per heavy atom. The number of fused-ring (bicyclic) bond motifs is 1. The van der Waals surface area contributed by atoms with Gasteiger partial charge in [0.1, 0.15) is 0 Å². The summed E-state index contributed by atoms with van der Waals surface area (Å²) >= 11 is 0. The number of nitrogens with two attached hydrogens (primary N) is 1. The van der Waals surface area contributed by atoms with Crippen molar-refractivity contribution < 1.29 is 4.74 Å². The second-order valence-corrected chi connectivity index (χ2v) is 4.14. The highest BCUT2D eigenvalue weighted by molar-refractivity contribution is 5.62. The predicted molar refractivity (Wildman–Crippen MR) is 60.2 cm³/mol. The van der Waals surface area contributed by atoms with Crippen molar-refractivity contribution in [1.29, 1.82) is 0 Å². The Morgan fingerprint density at radius 1 is 1.31 bits per heavy atom. The van der Waals surface area contributed by atoms with E-state index in [1.165, 1.54) is 5.56 Å². The molecule has 2 aromatic rings. The van der Waals surface area contributed by atoms with E-state index in [1.54, 1.807) is 10.7 Å². The number of hydrogen-bond acceptors (Lipinski definition) is 4. The molecule has 1 fully saturated rings. The topological polar surface area (TPSA) is 65.4 Å². The van der Waals surface area contributed by atoms with Crippen molar-refractivity contribution in [2.45, 2.75) is 18.8 Å². The highest BCUT2D eigenvalue weighted by Gasteiger charge is 2.17. The molecule has 0 bridgehead atoms. The van der Waals surface area contributed by atoms with Gasteiger partial charge in [0.05, 0.1) is 11.9 Å². The van der Waals surface area contributed by atoms with Crippen molar-refractivity contribution in [3.8, 4) is 0 Å². The van der Waals surface area contributed by atoms with Gasteiger partial charge in [0.15, 0.2) is 5.65 Å². The average molecular weight is 218 g/mol. The highest BCUT2D eigenvalue weighted by Crippen LogP contribution is 2.26. The Balaban J connectivity index is 1.97. The summed E-state index contributed by atoms with van der Waals surface area (Å²) in [6.07, 6.45) is 7.68. The molecule has 2 N–H and O–H groups in total. The maximum absolute atomic E-state index is 5.74. The lowest BCUT2D eigenvalue weighted by Gasteiger charge is -2.21. The fourth-order valence-corrected chi connectivity index (χ4v) is 2.15. The molecular weight excluding hydrogens is 204 g/mol. The van der Waals surface area contributed by atoms with Crippen molar-refractivity contribution in [2.24, 2.45) is 0 Å². The van der Waals surface area contributed by atoms with Gasteiger partial charge in [-0.3, -0.25) is 0 Å². The lowest BCUT2D eigenvalue weighted by Crippen LogP contribution is -2.14. The van der Waals surface area contributed by atoms with Crippen LogP contribution in [0.4, 0.5) is 5.69 Å². The molecule has 0 spiro atoms. The summed E-state index contributed by atoms with van der Waals surface area (Å²) in [4.78, 5) is 4.35. The molecule has 0 atom stereocenters. The molecule has 2 aromatic heterocycles. The minimum Gasteiger partial charge on any atom is -0.394 e. The van der Waals surface area contributed by atoms with Crippen LogP contribution in [0.15, 0.2) is 18.6 Å². The van der Waals surface area contributed by atoms with Gasteiger partial charge in [-0.1, -0.05) is 0 Å². The molecule has 0 radical (unpaired) electrons. The van der Waals surface area contributed by atoms with Gasteiger partial charge in [-0.25, -0.2) is 9.50 Å². The molecule has 16 heavy (non-hydrogen) atoms. The van der Waals surface area contributed by atoms with Gasteiger partial charge < -0.3 is 10.5 Å². The Labute approximate surface area is 93.2 Å². The first-order valence-electron chi connectivity index (χ1n) is 5.51. The molecular formula is C11H14N4O. The molecule has 0 aliphatic carbocycles. The van der Waals surface area contributed by atoms with Crippen molar-refractivity contribution in [2.75, 3.05) is 18.9 Å². The van der Waals surface area contributed by atoms with Crippen LogP contribution >= 0.6 is 0 Å².